The van der Waals surface area contributed by atoms with Crippen LogP contribution in [0.1, 0.15) is 13.8 Å². The molecule has 1 N–H and O–H groups in total. The maximum absolute atomic E-state index is 13.3. The topological polar surface area (TPSA) is 64.9 Å². The fourth-order valence-corrected chi connectivity index (χ4v) is 2.24. The fraction of sp³-hybridized carbons (Fsp3) is 0.188. The van der Waals surface area contributed by atoms with E-state index in [0.717, 1.165) is 18.2 Å². The summed E-state index contributed by atoms with van der Waals surface area (Å²) in [7, 11) is 0. The second-order valence-electron chi connectivity index (χ2n) is 5.44. The second-order valence-corrected chi connectivity index (χ2v) is 5.80. The molecule has 6 nitrogen and oxygen atoms in total. The normalized spacial score (nSPS) is 11.0. The van der Waals surface area contributed by atoms with Crippen molar-refractivity contribution in [3.63, 3.8) is 0 Å². The van der Waals surface area contributed by atoms with Gasteiger partial charge in [-0.15, -0.1) is 5.10 Å². The maximum Gasteiger partial charge on any atom is 0.247 e. The Kier molecular flexibility index (Phi) is 4.80. The smallest absolute Gasteiger partial charge is 0.247 e. The van der Waals surface area contributed by atoms with Crippen molar-refractivity contribution < 1.29 is 13.5 Å². The van der Waals surface area contributed by atoms with Crippen LogP contribution >= 0.6 is 11.6 Å². The van der Waals surface area contributed by atoms with Gasteiger partial charge in [0.15, 0.2) is 5.15 Å². The molecule has 0 saturated heterocycles. The van der Waals surface area contributed by atoms with Crippen molar-refractivity contribution in [1.29, 1.82) is 0 Å². The van der Waals surface area contributed by atoms with Crippen molar-refractivity contribution in [1.82, 2.24) is 19.7 Å². The number of hydrogen-bond donors (Lipinski definition) is 1. The highest BCUT2D eigenvalue weighted by molar-refractivity contribution is 6.32. The lowest BCUT2D eigenvalue weighted by atomic mass is 10.3. The molecule has 0 aliphatic heterocycles. The highest BCUT2D eigenvalue weighted by Crippen LogP contribution is 2.27. The number of rotatable bonds is 5. The summed E-state index contributed by atoms with van der Waals surface area (Å²) in [5, 5.41) is 7.24. The summed E-state index contributed by atoms with van der Waals surface area (Å²) >= 11 is 6.06. The zero-order valence-electron chi connectivity index (χ0n) is 13.4. The van der Waals surface area contributed by atoms with Gasteiger partial charge in [-0.2, -0.15) is 4.98 Å². The molecular formula is C16H14ClF2N5O. The number of halogens is 3. The van der Waals surface area contributed by atoms with Gasteiger partial charge in [-0.3, -0.25) is 0 Å². The molecule has 1 aromatic carbocycles. The van der Waals surface area contributed by atoms with Crippen LogP contribution in [-0.2, 0) is 0 Å². The van der Waals surface area contributed by atoms with E-state index in [1.165, 1.54) is 17.2 Å². The summed E-state index contributed by atoms with van der Waals surface area (Å²) < 4.78 is 33.4. The minimum absolute atomic E-state index is 0.0176. The van der Waals surface area contributed by atoms with Crippen LogP contribution in [-0.4, -0.2) is 25.9 Å². The lowest BCUT2D eigenvalue weighted by Crippen LogP contribution is -2.06. The number of ether oxygens (including phenoxy) is 1. The van der Waals surface area contributed by atoms with Crippen molar-refractivity contribution in [3.05, 3.63) is 53.6 Å². The van der Waals surface area contributed by atoms with Crippen LogP contribution in [0.4, 0.5) is 20.4 Å². The summed E-state index contributed by atoms with van der Waals surface area (Å²) in [6.07, 6.45) is 2.82. The van der Waals surface area contributed by atoms with Crippen LogP contribution in [0.3, 0.4) is 0 Å². The highest BCUT2D eigenvalue weighted by Gasteiger charge is 2.10. The summed E-state index contributed by atoms with van der Waals surface area (Å²) in [5.74, 6) is -0.680. The first-order valence-corrected chi connectivity index (χ1v) is 7.76. The third-order valence-electron chi connectivity index (χ3n) is 3.04. The van der Waals surface area contributed by atoms with Crippen molar-refractivity contribution in [2.75, 3.05) is 5.32 Å². The molecular weight excluding hydrogens is 352 g/mol. The van der Waals surface area contributed by atoms with Gasteiger partial charge in [0.2, 0.25) is 5.95 Å². The molecule has 0 aliphatic carbocycles. The Hall–Kier alpha value is -2.74. The SMILES string of the molecule is CC(C)Oc1cnc(Cl)c(Nc2ncn(-c3cc(F)cc(F)c3)n2)c1. The van der Waals surface area contributed by atoms with Gasteiger partial charge >= 0.3 is 0 Å². The van der Waals surface area contributed by atoms with Gasteiger partial charge in [-0.05, 0) is 26.0 Å². The fourth-order valence-electron chi connectivity index (χ4n) is 2.09. The summed E-state index contributed by atoms with van der Waals surface area (Å²) in [6, 6.07) is 4.74. The van der Waals surface area contributed by atoms with Crippen LogP contribution in [0.25, 0.3) is 5.69 Å². The highest BCUT2D eigenvalue weighted by atomic mass is 35.5. The first-order chi connectivity index (χ1) is 11.9. The number of aromatic nitrogens is 4. The van der Waals surface area contributed by atoms with E-state index in [0.29, 0.717) is 11.4 Å². The van der Waals surface area contributed by atoms with Crippen LogP contribution in [0, 0.1) is 11.6 Å². The van der Waals surface area contributed by atoms with E-state index >= 15 is 0 Å². The number of pyridine rings is 1. The Labute approximate surface area is 147 Å². The Bertz CT molecular complexity index is 880. The molecule has 0 amide bonds. The van der Waals surface area contributed by atoms with Gasteiger partial charge in [-0.1, -0.05) is 11.6 Å². The van der Waals surface area contributed by atoms with E-state index in [4.69, 9.17) is 16.3 Å². The monoisotopic (exact) mass is 365 g/mol. The first kappa shape index (κ1) is 17.1. The number of benzene rings is 1. The zero-order chi connectivity index (χ0) is 18.0. The standard InChI is InChI=1S/C16H14ClF2N5O/c1-9(2)25-13-6-14(15(17)20-7-13)22-16-21-8-24(23-16)12-4-10(18)3-11(19)5-12/h3-9H,1-2H3,(H,22,23). The first-order valence-electron chi connectivity index (χ1n) is 7.38. The Morgan fingerprint density at radius 3 is 2.52 bits per heavy atom. The molecule has 2 aromatic heterocycles. The molecule has 25 heavy (non-hydrogen) atoms. The minimum atomic E-state index is -0.703. The van der Waals surface area contributed by atoms with Gasteiger partial charge < -0.3 is 10.1 Å². The van der Waals surface area contributed by atoms with Crippen molar-refractivity contribution >= 4 is 23.2 Å². The Morgan fingerprint density at radius 1 is 1.12 bits per heavy atom. The van der Waals surface area contributed by atoms with Crippen molar-refractivity contribution in [2.24, 2.45) is 0 Å². The molecule has 0 fully saturated rings. The van der Waals surface area contributed by atoms with Gasteiger partial charge in [0, 0.05) is 12.1 Å². The third-order valence-corrected chi connectivity index (χ3v) is 3.34. The van der Waals surface area contributed by atoms with E-state index < -0.39 is 11.6 Å². The van der Waals surface area contributed by atoms with Gasteiger partial charge in [-0.25, -0.2) is 18.4 Å². The second kappa shape index (κ2) is 7.02. The van der Waals surface area contributed by atoms with Crippen molar-refractivity contribution in [2.45, 2.75) is 20.0 Å². The van der Waals surface area contributed by atoms with E-state index in [2.05, 4.69) is 20.4 Å². The number of anilines is 2. The maximum atomic E-state index is 13.3. The predicted molar refractivity (Wildman–Crippen MR) is 89.6 cm³/mol. The molecule has 130 valence electrons. The summed E-state index contributed by atoms with van der Waals surface area (Å²) in [6.45, 7) is 3.78. The average molecular weight is 366 g/mol. The minimum Gasteiger partial charge on any atom is -0.489 e. The van der Waals surface area contributed by atoms with Crippen LogP contribution in [0.15, 0.2) is 36.8 Å². The number of nitrogens with zero attached hydrogens (tertiary/aromatic N) is 4. The Morgan fingerprint density at radius 2 is 1.84 bits per heavy atom. The lowest BCUT2D eigenvalue weighted by Gasteiger charge is -2.11. The molecule has 0 aliphatic rings. The van der Waals surface area contributed by atoms with Crippen LogP contribution in [0.5, 0.6) is 5.75 Å². The molecule has 3 rings (SSSR count). The molecule has 9 heteroatoms. The van der Waals surface area contributed by atoms with Gasteiger partial charge in [0.05, 0.1) is 23.7 Å². The van der Waals surface area contributed by atoms with Crippen molar-refractivity contribution in [3.8, 4) is 11.4 Å². The van der Waals surface area contributed by atoms with Crippen LogP contribution in [0.2, 0.25) is 5.15 Å². The predicted octanol–water partition coefficient (Wildman–Crippen LogP) is 4.12. The van der Waals surface area contributed by atoms with Gasteiger partial charge in [0.1, 0.15) is 23.7 Å². The molecule has 0 spiro atoms. The molecule has 0 bridgehead atoms. The quantitative estimate of drug-likeness (QED) is 0.689. The largest absolute Gasteiger partial charge is 0.489 e. The number of nitrogens with one attached hydrogen (secondary N) is 1. The molecule has 2 heterocycles. The third kappa shape index (κ3) is 4.21. The van der Waals surface area contributed by atoms with E-state index in [-0.39, 0.29) is 22.9 Å². The number of hydrogen-bond acceptors (Lipinski definition) is 5. The summed E-state index contributed by atoms with van der Waals surface area (Å²) in [4.78, 5) is 8.08. The van der Waals surface area contributed by atoms with E-state index in [9.17, 15) is 8.78 Å². The summed E-state index contributed by atoms with van der Waals surface area (Å²) in [5.41, 5.74) is 0.655. The zero-order valence-corrected chi connectivity index (χ0v) is 14.1. The van der Waals surface area contributed by atoms with E-state index in [1.54, 1.807) is 6.07 Å². The molecule has 0 saturated carbocycles. The molecule has 3 aromatic rings. The van der Waals surface area contributed by atoms with Gasteiger partial charge in [0.25, 0.3) is 0 Å². The average Bonchev–Trinajstić information content (AvgIpc) is 2.98. The Balaban J connectivity index is 1.84. The molecule has 0 unspecified atom stereocenters. The lowest BCUT2D eigenvalue weighted by molar-refractivity contribution is 0.241. The molecule has 0 radical (unpaired) electrons. The van der Waals surface area contributed by atoms with Crippen LogP contribution < -0.4 is 10.1 Å². The molecule has 0 atom stereocenters. The van der Waals surface area contributed by atoms with E-state index in [1.807, 2.05) is 13.8 Å².